The number of phenols is 1. The van der Waals surface area contributed by atoms with Gasteiger partial charge in [-0.15, -0.1) is 0 Å². The summed E-state index contributed by atoms with van der Waals surface area (Å²) in [6.45, 7) is 4.10. The van der Waals surface area contributed by atoms with Crippen LogP contribution in [0.2, 0.25) is 0 Å². The van der Waals surface area contributed by atoms with Crippen molar-refractivity contribution in [1.29, 1.82) is 0 Å². The van der Waals surface area contributed by atoms with Crippen LogP contribution >= 0.6 is 0 Å². The van der Waals surface area contributed by atoms with E-state index in [9.17, 15) is 9.90 Å². The molecule has 0 saturated heterocycles. The molecule has 98 valence electrons. The van der Waals surface area contributed by atoms with Gasteiger partial charge in [0.2, 0.25) is 0 Å². The number of benzene rings is 1. The number of rotatable bonds is 3. The molecule has 4 heteroatoms. The van der Waals surface area contributed by atoms with Crippen molar-refractivity contribution in [3.8, 4) is 5.75 Å². The van der Waals surface area contributed by atoms with Gasteiger partial charge in [0.05, 0.1) is 0 Å². The maximum Gasteiger partial charge on any atom is 0.303 e. The number of aromatic hydroxyl groups is 1. The first kappa shape index (κ1) is 12.9. The third-order valence-corrected chi connectivity index (χ3v) is 3.62. The summed E-state index contributed by atoms with van der Waals surface area (Å²) in [7, 11) is 0. The van der Waals surface area contributed by atoms with Crippen molar-refractivity contribution >= 4 is 5.97 Å². The van der Waals surface area contributed by atoms with Crippen molar-refractivity contribution in [1.82, 2.24) is 5.32 Å². The lowest BCUT2D eigenvalue weighted by atomic mass is 9.78. The highest BCUT2D eigenvalue weighted by molar-refractivity contribution is 5.67. The quantitative estimate of drug-likeness (QED) is 0.766. The van der Waals surface area contributed by atoms with Gasteiger partial charge in [-0.3, -0.25) is 4.79 Å². The van der Waals surface area contributed by atoms with Crippen LogP contribution in [0.25, 0.3) is 0 Å². The molecule has 0 spiro atoms. The van der Waals surface area contributed by atoms with Gasteiger partial charge in [-0.1, -0.05) is 6.07 Å². The van der Waals surface area contributed by atoms with Gasteiger partial charge in [-0.25, -0.2) is 0 Å². The lowest BCUT2D eigenvalue weighted by Gasteiger charge is -2.40. The zero-order chi connectivity index (χ0) is 13.3. The molecule has 0 amide bonds. The Labute approximate surface area is 107 Å². The van der Waals surface area contributed by atoms with Crippen LogP contribution in [0.15, 0.2) is 18.2 Å². The number of hydrogen-bond donors (Lipinski definition) is 3. The Hall–Kier alpha value is -1.55. The molecule has 1 aromatic rings. The van der Waals surface area contributed by atoms with E-state index in [0.29, 0.717) is 12.5 Å². The number of nitrogens with one attached hydrogen (secondary N) is 1. The van der Waals surface area contributed by atoms with Gasteiger partial charge in [0.25, 0.3) is 0 Å². The fraction of sp³-hybridized carbons (Fsp3) is 0.500. The van der Waals surface area contributed by atoms with Crippen LogP contribution in [0, 0.1) is 0 Å². The van der Waals surface area contributed by atoms with Crippen molar-refractivity contribution in [2.24, 2.45) is 0 Å². The van der Waals surface area contributed by atoms with Crippen LogP contribution in [0.5, 0.6) is 5.75 Å². The molecule has 0 saturated carbocycles. The van der Waals surface area contributed by atoms with Crippen LogP contribution in [-0.2, 0) is 16.8 Å². The number of phenolic OH excluding ortho intramolecular Hbond substituents is 1. The second-order valence-electron chi connectivity index (χ2n) is 5.32. The fourth-order valence-corrected chi connectivity index (χ4v) is 2.82. The van der Waals surface area contributed by atoms with E-state index in [0.717, 1.165) is 12.0 Å². The van der Waals surface area contributed by atoms with E-state index < -0.39 is 5.97 Å². The van der Waals surface area contributed by atoms with Gasteiger partial charge in [-0.05, 0) is 49.9 Å². The number of fused-ring (bicyclic) bond motifs is 1. The molecule has 1 aromatic carbocycles. The standard InChI is InChI=1S/C14H19NO3/c1-9-7-10-3-4-11(16)8-12(10)14(2,15-9)6-5-13(17)18/h3-4,8-9,15-16H,5-7H2,1-2H3,(H,17,18). The fourth-order valence-electron chi connectivity index (χ4n) is 2.82. The van der Waals surface area contributed by atoms with E-state index in [1.54, 1.807) is 12.1 Å². The summed E-state index contributed by atoms with van der Waals surface area (Å²) in [6, 6.07) is 5.67. The van der Waals surface area contributed by atoms with Gasteiger partial charge >= 0.3 is 5.97 Å². The van der Waals surface area contributed by atoms with Crippen LogP contribution < -0.4 is 5.32 Å². The summed E-state index contributed by atoms with van der Waals surface area (Å²) < 4.78 is 0. The minimum atomic E-state index is -0.794. The molecule has 1 aliphatic heterocycles. The molecule has 2 atom stereocenters. The molecule has 4 nitrogen and oxygen atoms in total. The molecule has 0 aromatic heterocycles. The number of carbonyl (C=O) groups is 1. The number of aliphatic carboxylic acids is 1. The third-order valence-electron chi connectivity index (χ3n) is 3.62. The summed E-state index contributed by atoms with van der Waals surface area (Å²) in [5, 5.41) is 21.9. The van der Waals surface area contributed by atoms with E-state index in [1.165, 1.54) is 5.56 Å². The van der Waals surface area contributed by atoms with Gasteiger partial charge < -0.3 is 15.5 Å². The second kappa shape index (κ2) is 4.61. The molecule has 2 unspecified atom stereocenters. The van der Waals surface area contributed by atoms with E-state index in [2.05, 4.69) is 12.2 Å². The van der Waals surface area contributed by atoms with Crippen LogP contribution in [0.1, 0.15) is 37.8 Å². The van der Waals surface area contributed by atoms with Crippen molar-refractivity contribution in [3.63, 3.8) is 0 Å². The lowest BCUT2D eigenvalue weighted by Crippen LogP contribution is -2.50. The molecule has 1 aliphatic rings. The Balaban J connectivity index is 2.36. The first-order valence-corrected chi connectivity index (χ1v) is 6.22. The van der Waals surface area contributed by atoms with Crippen LogP contribution in [0.3, 0.4) is 0 Å². The topological polar surface area (TPSA) is 69.6 Å². The number of hydrogen-bond acceptors (Lipinski definition) is 3. The highest BCUT2D eigenvalue weighted by atomic mass is 16.4. The minimum Gasteiger partial charge on any atom is -0.508 e. The van der Waals surface area contributed by atoms with Gasteiger partial charge in [-0.2, -0.15) is 0 Å². The van der Waals surface area contributed by atoms with Crippen LogP contribution in [0.4, 0.5) is 0 Å². The van der Waals surface area contributed by atoms with Crippen molar-refractivity contribution < 1.29 is 15.0 Å². The molecule has 0 bridgehead atoms. The van der Waals surface area contributed by atoms with Gasteiger partial charge in [0, 0.05) is 18.0 Å². The maximum atomic E-state index is 10.8. The highest BCUT2D eigenvalue weighted by Crippen LogP contribution is 2.36. The molecule has 1 heterocycles. The van der Waals surface area contributed by atoms with E-state index in [-0.39, 0.29) is 17.7 Å². The average molecular weight is 249 g/mol. The largest absolute Gasteiger partial charge is 0.508 e. The molecule has 2 rings (SSSR count). The van der Waals surface area contributed by atoms with Gasteiger partial charge in [0.1, 0.15) is 5.75 Å². The first-order chi connectivity index (χ1) is 8.40. The summed E-state index contributed by atoms with van der Waals surface area (Å²) >= 11 is 0. The Bertz CT molecular complexity index is 472. The Morgan fingerprint density at radius 2 is 2.28 bits per heavy atom. The van der Waals surface area contributed by atoms with E-state index in [1.807, 2.05) is 13.0 Å². The zero-order valence-corrected chi connectivity index (χ0v) is 10.7. The van der Waals surface area contributed by atoms with Gasteiger partial charge in [0.15, 0.2) is 0 Å². The number of carboxylic acid groups (broad SMARTS) is 1. The predicted molar refractivity (Wildman–Crippen MR) is 68.6 cm³/mol. The Morgan fingerprint density at radius 1 is 1.56 bits per heavy atom. The SMILES string of the molecule is CC1Cc2ccc(O)cc2C(C)(CCC(=O)O)N1. The normalized spacial score (nSPS) is 26.7. The first-order valence-electron chi connectivity index (χ1n) is 6.22. The molecule has 0 radical (unpaired) electrons. The smallest absolute Gasteiger partial charge is 0.303 e. The predicted octanol–water partition coefficient (Wildman–Crippen LogP) is 2.01. The van der Waals surface area contributed by atoms with E-state index in [4.69, 9.17) is 5.11 Å². The van der Waals surface area contributed by atoms with E-state index >= 15 is 0 Å². The Kier molecular flexibility index (Phi) is 3.30. The number of carboxylic acids is 1. The third kappa shape index (κ3) is 2.48. The lowest BCUT2D eigenvalue weighted by molar-refractivity contribution is -0.137. The van der Waals surface area contributed by atoms with Crippen molar-refractivity contribution in [2.45, 2.75) is 44.7 Å². The molecule has 0 fully saturated rings. The summed E-state index contributed by atoms with van der Waals surface area (Å²) in [4.78, 5) is 10.8. The highest BCUT2D eigenvalue weighted by Gasteiger charge is 2.34. The summed E-state index contributed by atoms with van der Waals surface area (Å²) in [6.07, 6.45) is 1.53. The molecule has 0 aliphatic carbocycles. The average Bonchev–Trinajstić information content (AvgIpc) is 2.28. The minimum absolute atomic E-state index is 0.116. The summed E-state index contributed by atoms with van der Waals surface area (Å²) in [5.41, 5.74) is 1.82. The monoisotopic (exact) mass is 249 g/mol. The van der Waals surface area contributed by atoms with Crippen molar-refractivity contribution in [2.75, 3.05) is 0 Å². The molecular weight excluding hydrogens is 230 g/mol. The van der Waals surface area contributed by atoms with Crippen molar-refractivity contribution in [3.05, 3.63) is 29.3 Å². The molecular formula is C14H19NO3. The Morgan fingerprint density at radius 3 is 2.94 bits per heavy atom. The molecule has 3 N–H and O–H groups in total. The summed E-state index contributed by atoms with van der Waals surface area (Å²) in [5.74, 6) is -0.565. The molecule has 18 heavy (non-hydrogen) atoms. The second-order valence-corrected chi connectivity index (χ2v) is 5.32. The maximum absolute atomic E-state index is 10.8. The van der Waals surface area contributed by atoms with Crippen LogP contribution in [-0.4, -0.2) is 22.2 Å². The zero-order valence-electron chi connectivity index (χ0n) is 10.7.